The molecule has 0 radical (unpaired) electrons. The van der Waals surface area contributed by atoms with Gasteiger partial charge in [-0.3, -0.25) is 9.59 Å². The van der Waals surface area contributed by atoms with Gasteiger partial charge >= 0.3 is 0 Å². The van der Waals surface area contributed by atoms with Crippen LogP contribution in [0.4, 0.5) is 0 Å². The molecule has 1 heterocycles. The molecule has 1 unspecified atom stereocenters. The molecular weight excluding hydrogens is 404 g/mol. The van der Waals surface area contributed by atoms with Gasteiger partial charge in [0.1, 0.15) is 11.8 Å². The number of nitrogens with one attached hydrogen (secondary N) is 1. The molecule has 1 N–H and O–H groups in total. The summed E-state index contributed by atoms with van der Waals surface area (Å²) >= 11 is 0. The molecule has 2 amide bonds. The van der Waals surface area contributed by atoms with Crippen LogP contribution in [0, 0.1) is 0 Å². The van der Waals surface area contributed by atoms with Crippen LogP contribution in [0.3, 0.4) is 0 Å². The third kappa shape index (κ3) is 5.02. The maximum absolute atomic E-state index is 13.6. The standard InChI is InChI=1S/C26H28N2O4/c1-31-22-14-7-11-20(17-22)24(25(29)27-21-12-5-6-13-21)28(18-19-9-3-2-4-10-19)26(30)23-15-8-16-32-23/h2-4,7-11,14-17,21,24H,5-6,12-13,18H2,1H3,(H,27,29). The molecule has 32 heavy (non-hydrogen) atoms. The van der Waals surface area contributed by atoms with E-state index in [-0.39, 0.29) is 30.2 Å². The third-order valence-corrected chi connectivity index (χ3v) is 5.86. The number of rotatable bonds is 8. The van der Waals surface area contributed by atoms with Gasteiger partial charge in [-0.2, -0.15) is 0 Å². The van der Waals surface area contributed by atoms with Crippen LogP contribution < -0.4 is 10.1 Å². The maximum atomic E-state index is 13.6. The van der Waals surface area contributed by atoms with Crippen LogP contribution in [0.15, 0.2) is 77.4 Å². The van der Waals surface area contributed by atoms with Crippen LogP contribution in [-0.2, 0) is 11.3 Å². The number of methoxy groups -OCH3 is 1. The van der Waals surface area contributed by atoms with Crippen LogP contribution in [0.5, 0.6) is 5.75 Å². The zero-order chi connectivity index (χ0) is 22.3. The molecule has 6 nitrogen and oxygen atoms in total. The fourth-order valence-corrected chi connectivity index (χ4v) is 4.24. The summed E-state index contributed by atoms with van der Waals surface area (Å²) in [5.41, 5.74) is 1.62. The second-order valence-electron chi connectivity index (χ2n) is 8.07. The summed E-state index contributed by atoms with van der Waals surface area (Å²) in [6.07, 6.45) is 5.59. The van der Waals surface area contributed by atoms with Gasteiger partial charge in [0, 0.05) is 12.6 Å². The highest BCUT2D eigenvalue weighted by Gasteiger charge is 2.34. The number of hydrogen-bond donors (Lipinski definition) is 1. The molecule has 1 aromatic heterocycles. The number of ether oxygens (including phenoxy) is 1. The molecule has 1 aliphatic carbocycles. The van der Waals surface area contributed by atoms with Crippen molar-refractivity contribution >= 4 is 11.8 Å². The first-order valence-electron chi connectivity index (χ1n) is 11.0. The van der Waals surface area contributed by atoms with E-state index in [0.717, 1.165) is 31.2 Å². The smallest absolute Gasteiger partial charge is 0.290 e. The zero-order valence-electron chi connectivity index (χ0n) is 18.2. The first-order chi connectivity index (χ1) is 15.7. The van der Waals surface area contributed by atoms with Crippen molar-refractivity contribution in [1.29, 1.82) is 0 Å². The summed E-state index contributed by atoms with van der Waals surface area (Å²) in [6.45, 7) is 0.264. The van der Waals surface area contributed by atoms with E-state index in [0.29, 0.717) is 11.3 Å². The Morgan fingerprint density at radius 3 is 2.53 bits per heavy atom. The molecule has 0 bridgehead atoms. The summed E-state index contributed by atoms with van der Waals surface area (Å²) in [7, 11) is 1.59. The Labute approximate surface area is 188 Å². The van der Waals surface area contributed by atoms with Crippen molar-refractivity contribution in [1.82, 2.24) is 10.2 Å². The molecule has 1 saturated carbocycles. The molecular formula is C26H28N2O4. The van der Waals surface area contributed by atoms with Gasteiger partial charge in [-0.1, -0.05) is 55.3 Å². The number of carbonyl (C=O) groups excluding carboxylic acids is 2. The second kappa shape index (κ2) is 10.2. The largest absolute Gasteiger partial charge is 0.497 e. The first kappa shape index (κ1) is 21.7. The van der Waals surface area contributed by atoms with Crippen LogP contribution >= 0.6 is 0 Å². The molecule has 6 heteroatoms. The summed E-state index contributed by atoms with van der Waals surface area (Å²) in [5, 5.41) is 3.18. The molecule has 0 aliphatic heterocycles. The van der Waals surface area contributed by atoms with Gasteiger partial charge < -0.3 is 19.4 Å². The SMILES string of the molecule is COc1cccc(C(C(=O)NC2CCCC2)N(Cc2ccccc2)C(=O)c2ccco2)c1. The molecule has 4 rings (SSSR count). The number of benzene rings is 2. The lowest BCUT2D eigenvalue weighted by Gasteiger charge is -2.32. The van der Waals surface area contributed by atoms with Gasteiger partial charge in [-0.05, 0) is 48.2 Å². The molecule has 0 saturated heterocycles. The van der Waals surface area contributed by atoms with Gasteiger partial charge in [0.05, 0.1) is 13.4 Å². The Hall–Kier alpha value is -3.54. The average Bonchev–Trinajstić information content (AvgIpc) is 3.54. The van der Waals surface area contributed by atoms with Crippen molar-refractivity contribution in [2.75, 3.05) is 7.11 Å². The first-order valence-corrected chi connectivity index (χ1v) is 11.0. The summed E-state index contributed by atoms with van der Waals surface area (Å²) in [6, 6.07) is 19.6. The highest BCUT2D eigenvalue weighted by Crippen LogP contribution is 2.29. The van der Waals surface area contributed by atoms with Crippen molar-refractivity contribution in [3.05, 3.63) is 89.9 Å². The van der Waals surface area contributed by atoms with Crippen molar-refractivity contribution in [2.24, 2.45) is 0 Å². The van der Waals surface area contributed by atoms with Gasteiger partial charge in [-0.25, -0.2) is 0 Å². The predicted molar refractivity (Wildman–Crippen MR) is 121 cm³/mol. The van der Waals surface area contributed by atoms with E-state index in [2.05, 4.69) is 5.32 Å². The van der Waals surface area contributed by atoms with E-state index in [1.165, 1.54) is 6.26 Å². The van der Waals surface area contributed by atoms with E-state index in [9.17, 15) is 9.59 Å². The molecule has 3 aromatic rings. The fraction of sp³-hybridized carbons (Fsp3) is 0.308. The van der Waals surface area contributed by atoms with E-state index in [4.69, 9.17) is 9.15 Å². The van der Waals surface area contributed by atoms with Crippen molar-refractivity contribution < 1.29 is 18.7 Å². The lowest BCUT2D eigenvalue weighted by molar-refractivity contribution is -0.126. The highest BCUT2D eigenvalue weighted by molar-refractivity contribution is 5.96. The lowest BCUT2D eigenvalue weighted by atomic mass is 10.0. The zero-order valence-corrected chi connectivity index (χ0v) is 18.2. The Morgan fingerprint density at radius 2 is 1.84 bits per heavy atom. The summed E-state index contributed by atoms with van der Waals surface area (Å²) in [4.78, 5) is 28.7. The molecule has 166 valence electrons. The highest BCUT2D eigenvalue weighted by atomic mass is 16.5. The van der Waals surface area contributed by atoms with E-state index in [1.54, 1.807) is 24.1 Å². The third-order valence-electron chi connectivity index (χ3n) is 5.86. The normalized spacial score (nSPS) is 14.7. The minimum absolute atomic E-state index is 0.132. The quantitative estimate of drug-likeness (QED) is 0.559. The monoisotopic (exact) mass is 432 g/mol. The van der Waals surface area contributed by atoms with E-state index < -0.39 is 6.04 Å². The molecule has 0 spiro atoms. The van der Waals surface area contributed by atoms with Crippen molar-refractivity contribution in [2.45, 2.75) is 44.3 Å². The van der Waals surface area contributed by atoms with Gasteiger partial charge in [0.25, 0.3) is 5.91 Å². The average molecular weight is 433 g/mol. The van der Waals surface area contributed by atoms with Gasteiger partial charge in [-0.15, -0.1) is 0 Å². The van der Waals surface area contributed by atoms with Crippen LogP contribution in [-0.4, -0.2) is 29.9 Å². The minimum atomic E-state index is -0.830. The van der Waals surface area contributed by atoms with Crippen LogP contribution in [0.25, 0.3) is 0 Å². The van der Waals surface area contributed by atoms with Crippen molar-refractivity contribution in [3.8, 4) is 5.75 Å². The second-order valence-corrected chi connectivity index (χ2v) is 8.07. The van der Waals surface area contributed by atoms with E-state index in [1.807, 2.05) is 54.6 Å². The van der Waals surface area contributed by atoms with Gasteiger partial charge in [0.15, 0.2) is 5.76 Å². The summed E-state index contributed by atoms with van der Waals surface area (Å²) < 4.78 is 10.8. The number of amides is 2. The molecule has 1 aliphatic rings. The maximum Gasteiger partial charge on any atom is 0.290 e. The van der Waals surface area contributed by atoms with Crippen molar-refractivity contribution in [3.63, 3.8) is 0 Å². The number of nitrogens with zero attached hydrogens (tertiary/aromatic N) is 1. The Kier molecular flexibility index (Phi) is 6.90. The number of carbonyl (C=O) groups is 2. The molecule has 2 aromatic carbocycles. The topological polar surface area (TPSA) is 71.8 Å². The Morgan fingerprint density at radius 1 is 1.06 bits per heavy atom. The fourth-order valence-electron chi connectivity index (χ4n) is 4.24. The predicted octanol–water partition coefficient (Wildman–Crippen LogP) is 4.73. The summed E-state index contributed by atoms with van der Waals surface area (Å²) in [5.74, 6) is 0.294. The molecule has 1 fully saturated rings. The van der Waals surface area contributed by atoms with Gasteiger partial charge in [0.2, 0.25) is 5.91 Å². The van der Waals surface area contributed by atoms with Crippen LogP contribution in [0.2, 0.25) is 0 Å². The Balaban J connectivity index is 1.74. The molecule has 1 atom stereocenters. The minimum Gasteiger partial charge on any atom is -0.497 e. The van der Waals surface area contributed by atoms with Crippen LogP contribution in [0.1, 0.15) is 53.4 Å². The number of furan rings is 1. The van der Waals surface area contributed by atoms with E-state index >= 15 is 0 Å². The lowest BCUT2D eigenvalue weighted by Crippen LogP contribution is -2.45. The number of hydrogen-bond acceptors (Lipinski definition) is 4. The Bertz CT molecular complexity index is 1030.